The lowest BCUT2D eigenvalue weighted by molar-refractivity contribution is 0.165. The lowest BCUT2D eigenvalue weighted by atomic mass is 9.98. The van der Waals surface area contributed by atoms with E-state index in [1.54, 1.807) is 7.11 Å². The molecular formula is C20H24N2O3. The molecule has 2 heterocycles. The van der Waals surface area contributed by atoms with Crippen molar-refractivity contribution in [3.05, 3.63) is 64.6 Å². The Morgan fingerprint density at radius 3 is 2.60 bits per heavy atom. The summed E-state index contributed by atoms with van der Waals surface area (Å²) >= 11 is 0. The third-order valence-electron chi connectivity index (χ3n) is 4.71. The van der Waals surface area contributed by atoms with E-state index in [1.165, 1.54) is 0 Å². The molecule has 0 aliphatic heterocycles. The molecule has 0 amide bonds. The van der Waals surface area contributed by atoms with Gasteiger partial charge in [-0.15, -0.1) is 0 Å². The van der Waals surface area contributed by atoms with Gasteiger partial charge in [-0.3, -0.25) is 0 Å². The van der Waals surface area contributed by atoms with Crippen LogP contribution in [0.15, 0.2) is 36.5 Å². The minimum absolute atomic E-state index is 0.172. The summed E-state index contributed by atoms with van der Waals surface area (Å²) in [5, 5.41) is 21.2. The van der Waals surface area contributed by atoms with E-state index in [0.29, 0.717) is 25.1 Å². The molecule has 0 aliphatic rings. The van der Waals surface area contributed by atoms with Gasteiger partial charge in [0.2, 0.25) is 0 Å². The normalized spacial score (nSPS) is 12.6. The quantitative estimate of drug-likeness (QED) is 0.721. The summed E-state index contributed by atoms with van der Waals surface area (Å²) in [6.07, 6.45) is 2.46. The van der Waals surface area contributed by atoms with Crippen LogP contribution in [-0.2, 0) is 17.8 Å². The Kier molecular flexibility index (Phi) is 5.06. The van der Waals surface area contributed by atoms with Crippen molar-refractivity contribution in [1.82, 2.24) is 9.38 Å². The van der Waals surface area contributed by atoms with E-state index < -0.39 is 6.10 Å². The number of imidazole rings is 1. The number of ether oxygens (including phenoxy) is 1. The minimum atomic E-state index is -0.574. The number of aromatic nitrogens is 2. The SMILES string of the molecule is COCc1cn2c(C)c(C)nc2c(O)c1CC[C@H](O)c1ccccc1. The number of aromatic hydroxyl groups is 1. The molecule has 0 unspecified atom stereocenters. The van der Waals surface area contributed by atoms with Crippen molar-refractivity contribution in [3.8, 4) is 5.75 Å². The highest BCUT2D eigenvalue weighted by atomic mass is 16.5. The Morgan fingerprint density at radius 1 is 1.20 bits per heavy atom. The van der Waals surface area contributed by atoms with Gasteiger partial charge >= 0.3 is 0 Å². The molecular weight excluding hydrogens is 316 g/mol. The predicted octanol–water partition coefficient (Wildman–Crippen LogP) is 3.47. The molecule has 5 heteroatoms. The zero-order valence-corrected chi connectivity index (χ0v) is 14.9. The van der Waals surface area contributed by atoms with Gasteiger partial charge in [0.1, 0.15) is 0 Å². The first-order chi connectivity index (χ1) is 12.0. The second-order valence-electron chi connectivity index (χ2n) is 6.36. The van der Waals surface area contributed by atoms with Gasteiger partial charge in [-0.25, -0.2) is 4.98 Å². The van der Waals surface area contributed by atoms with Crippen LogP contribution in [0.5, 0.6) is 5.75 Å². The third-order valence-corrected chi connectivity index (χ3v) is 4.71. The highest BCUT2D eigenvalue weighted by molar-refractivity contribution is 5.61. The number of aliphatic hydroxyl groups is 1. The van der Waals surface area contributed by atoms with Gasteiger partial charge in [-0.05, 0) is 32.3 Å². The van der Waals surface area contributed by atoms with Gasteiger partial charge in [0.15, 0.2) is 11.4 Å². The van der Waals surface area contributed by atoms with Gasteiger partial charge in [0.25, 0.3) is 0 Å². The molecule has 0 saturated carbocycles. The summed E-state index contributed by atoms with van der Waals surface area (Å²) < 4.78 is 7.20. The molecule has 2 N–H and O–H groups in total. The van der Waals surface area contributed by atoms with Crippen molar-refractivity contribution in [3.63, 3.8) is 0 Å². The summed E-state index contributed by atoms with van der Waals surface area (Å²) in [6, 6.07) is 9.56. The van der Waals surface area contributed by atoms with E-state index in [9.17, 15) is 10.2 Å². The molecule has 0 spiro atoms. The number of rotatable bonds is 6. The highest BCUT2D eigenvalue weighted by Gasteiger charge is 2.18. The first-order valence-corrected chi connectivity index (χ1v) is 8.43. The second kappa shape index (κ2) is 7.25. The van der Waals surface area contributed by atoms with Gasteiger partial charge in [-0.1, -0.05) is 30.3 Å². The van der Waals surface area contributed by atoms with Crippen molar-refractivity contribution in [2.75, 3.05) is 7.11 Å². The van der Waals surface area contributed by atoms with Crippen LogP contribution in [0.2, 0.25) is 0 Å². The monoisotopic (exact) mass is 340 g/mol. The highest BCUT2D eigenvalue weighted by Crippen LogP contribution is 2.31. The number of aryl methyl sites for hydroxylation is 2. The average molecular weight is 340 g/mol. The Morgan fingerprint density at radius 2 is 1.92 bits per heavy atom. The summed E-state index contributed by atoms with van der Waals surface area (Å²) in [7, 11) is 1.63. The molecule has 0 saturated heterocycles. The lowest BCUT2D eigenvalue weighted by Gasteiger charge is -2.15. The largest absolute Gasteiger partial charge is 0.504 e. The second-order valence-corrected chi connectivity index (χ2v) is 6.36. The van der Waals surface area contributed by atoms with Crippen LogP contribution in [0.25, 0.3) is 5.65 Å². The Balaban J connectivity index is 1.94. The zero-order valence-electron chi connectivity index (χ0n) is 14.9. The van der Waals surface area contributed by atoms with Gasteiger partial charge < -0.3 is 19.4 Å². The van der Waals surface area contributed by atoms with Crippen LogP contribution in [0.1, 0.15) is 40.6 Å². The molecule has 25 heavy (non-hydrogen) atoms. The van der Waals surface area contributed by atoms with Crippen LogP contribution >= 0.6 is 0 Å². The maximum Gasteiger partial charge on any atom is 0.180 e. The van der Waals surface area contributed by atoms with Crippen molar-refractivity contribution in [2.24, 2.45) is 0 Å². The zero-order chi connectivity index (χ0) is 18.0. The molecule has 0 fully saturated rings. The summed E-state index contributed by atoms with van der Waals surface area (Å²) in [5.74, 6) is 0.172. The number of hydrogen-bond donors (Lipinski definition) is 2. The fraction of sp³-hybridized carbons (Fsp3) is 0.350. The predicted molar refractivity (Wildman–Crippen MR) is 96.8 cm³/mol. The molecule has 2 aromatic heterocycles. The van der Waals surface area contributed by atoms with Crippen LogP contribution in [0.3, 0.4) is 0 Å². The lowest BCUT2D eigenvalue weighted by Crippen LogP contribution is -2.05. The number of methoxy groups -OCH3 is 1. The number of benzene rings is 1. The summed E-state index contributed by atoms with van der Waals surface area (Å²) in [4.78, 5) is 4.47. The Bertz CT molecular complexity index is 872. The van der Waals surface area contributed by atoms with E-state index in [4.69, 9.17) is 4.74 Å². The molecule has 1 atom stereocenters. The molecule has 3 aromatic rings. The third kappa shape index (κ3) is 3.38. The van der Waals surface area contributed by atoms with Crippen molar-refractivity contribution >= 4 is 5.65 Å². The van der Waals surface area contributed by atoms with E-state index in [0.717, 1.165) is 28.1 Å². The van der Waals surface area contributed by atoms with Crippen molar-refractivity contribution in [2.45, 2.75) is 39.4 Å². The van der Waals surface area contributed by atoms with Gasteiger partial charge in [0.05, 0.1) is 18.4 Å². The standard InChI is InChI=1S/C20H24N2O3/c1-13-14(2)22-11-16(12-25-3)17(19(24)20(22)21-13)9-10-18(23)15-7-5-4-6-8-15/h4-8,11,18,23-24H,9-10,12H2,1-3H3/t18-/m0/s1. The smallest absolute Gasteiger partial charge is 0.180 e. The van der Waals surface area contributed by atoms with Gasteiger partial charge in [0, 0.05) is 30.1 Å². The van der Waals surface area contributed by atoms with Crippen LogP contribution < -0.4 is 0 Å². The molecule has 3 rings (SSSR count). The maximum absolute atomic E-state index is 10.8. The van der Waals surface area contributed by atoms with E-state index >= 15 is 0 Å². The Labute approximate surface area is 147 Å². The molecule has 0 bridgehead atoms. The number of hydrogen-bond acceptors (Lipinski definition) is 4. The topological polar surface area (TPSA) is 67.0 Å². The van der Waals surface area contributed by atoms with E-state index in [2.05, 4.69) is 4.98 Å². The molecule has 132 valence electrons. The minimum Gasteiger partial charge on any atom is -0.504 e. The molecule has 1 aromatic carbocycles. The first-order valence-electron chi connectivity index (χ1n) is 8.43. The fourth-order valence-corrected chi connectivity index (χ4v) is 3.15. The number of pyridine rings is 1. The molecule has 0 aliphatic carbocycles. The van der Waals surface area contributed by atoms with Crippen LogP contribution in [0, 0.1) is 13.8 Å². The summed E-state index contributed by atoms with van der Waals surface area (Å²) in [6.45, 7) is 4.30. The van der Waals surface area contributed by atoms with Crippen LogP contribution in [0.4, 0.5) is 0 Å². The first kappa shape index (κ1) is 17.5. The number of fused-ring (bicyclic) bond motifs is 1. The molecule has 0 radical (unpaired) electrons. The van der Waals surface area contributed by atoms with Crippen LogP contribution in [-0.4, -0.2) is 26.7 Å². The maximum atomic E-state index is 10.8. The van der Waals surface area contributed by atoms with E-state index in [-0.39, 0.29) is 5.75 Å². The molecule has 5 nitrogen and oxygen atoms in total. The number of nitrogens with zero attached hydrogens (tertiary/aromatic N) is 2. The summed E-state index contributed by atoms with van der Waals surface area (Å²) in [5.41, 5.74) is 5.02. The van der Waals surface area contributed by atoms with E-state index in [1.807, 2.05) is 54.8 Å². The number of aliphatic hydroxyl groups excluding tert-OH is 1. The average Bonchev–Trinajstić information content (AvgIpc) is 2.91. The van der Waals surface area contributed by atoms with Gasteiger partial charge in [-0.2, -0.15) is 0 Å². The van der Waals surface area contributed by atoms with Crippen molar-refractivity contribution in [1.29, 1.82) is 0 Å². The fourth-order valence-electron chi connectivity index (χ4n) is 3.15. The Hall–Kier alpha value is -2.37. The van der Waals surface area contributed by atoms with Crippen molar-refractivity contribution < 1.29 is 14.9 Å².